The van der Waals surface area contributed by atoms with E-state index in [9.17, 15) is 22.8 Å². The summed E-state index contributed by atoms with van der Waals surface area (Å²) in [4.78, 5) is 26.4. The molecule has 0 aliphatic carbocycles. The smallest absolute Gasteiger partial charge is 0.270 e. The van der Waals surface area contributed by atoms with Gasteiger partial charge in [0.2, 0.25) is 0 Å². The zero-order valence-electron chi connectivity index (χ0n) is 17.5. The highest BCUT2D eigenvalue weighted by molar-refractivity contribution is 9.10. The number of alkyl halides is 3. The summed E-state index contributed by atoms with van der Waals surface area (Å²) in [5, 5.41) is -0.159. The minimum Gasteiger partial charge on any atom is -0.270 e. The van der Waals surface area contributed by atoms with Gasteiger partial charge in [-0.15, -0.1) is 0 Å². The third-order valence-electron chi connectivity index (χ3n) is 5.48. The number of carbonyl (C=O) groups is 2. The average Bonchev–Trinajstić information content (AvgIpc) is 3.03. The number of benzene rings is 3. The van der Waals surface area contributed by atoms with Crippen LogP contribution in [-0.2, 0) is 6.54 Å². The summed E-state index contributed by atoms with van der Waals surface area (Å²) in [6.45, 7) is 0.0177. The molecule has 0 fully saturated rings. The average molecular weight is 604 g/mol. The van der Waals surface area contributed by atoms with E-state index < -0.39 is 23.9 Å². The lowest BCUT2D eigenvalue weighted by atomic mass is 9.97. The number of rotatable bonds is 5. The summed E-state index contributed by atoms with van der Waals surface area (Å²) < 4.78 is 41.9. The van der Waals surface area contributed by atoms with Gasteiger partial charge in [0, 0.05) is 4.47 Å². The van der Waals surface area contributed by atoms with Gasteiger partial charge < -0.3 is 0 Å². The first-order valence-corrected chi connectivity index (χ1v) is 12.0. The second-order valence-corrected chi connectivity index (χ2v) is 9.82. The number of nitrogens with zero attached hydrogens (tertiary/aromatic N) is 1. The Kier molecular flexibility index (Phi) is 7.34. The zero-order valence-corrected chi connectivity index (χ0v) is 21.4. The van der Waals surface area contributed by atoms with Gasteiger partial charge in [-0.2, -0.15) is 13.2 Å². The third kappa shape index (κ3) is 5.28. The van der Waals surface area contributed by atoms with Crippen LogP contribution in [0.15, 0.2) is 65.1 Å². The summed E-state index contributed by atoms with van der Waals surface area (Å²) in [5.74, 6) is -2.75. The molecule has 1 atom stereocenters. The molecular weight excluding hydrogens is 590 g/mol. The Morgan fingerprint density at radius 3 is 2.00 bits per heavy atom. The fourth-order valence-corrected chi connectivity index (χ4v) is 4.85. The zero-order chi connectivity index (χ0) is 25.5. The van der Waals surface area contributed by atoms with Crippen LogP contribution < -0.4 is 0 Å². The predicted molar refractivity (Wildman–Crippen MR) is 134 cm³/mol. The van der Waals surface area contributed by atoms with Crippen LogP contribution in [0.4, 0.5) is 13.2 Å². The number of carbonyl (C=O) groups excluding carboxylic acids is 2. The molecule has 0 spiro atoms. The van der Waals surface area contributed by atoms with Crippen molar-refractivity contribution in [2.75, 3.05) is 0 Å². The fourth-order valence-electron chi connectivity index (χ4n) is 3.72. The molecule has 10 heteroatoms. The Morgan fingerprint density at radius 1 is 0.914 bits per heavy atom. The molecule has 4 rings (SSSR count). The maximum atomic E-state index is 13.8. The van der Waals surface area contributed by atoms with Gasteiger partial charge in [0.05, 0.1) is 38.7 Å². The first-order valence-electron chi connectivity index (χ1n) is 10.1. The maximum Gasteiger partial charge on any atom is 0.399 e. The minimum absolute atomic E-state index is 0.0143. The van der Waals surface area contributed by atoms with Crippen molar-refractivity contribution in [3.63, 3.8) is 0 Å². The van der Waals surface area contributed by atoms with Gasteiger partial charge >= 0.3 is 6.18 Å². The van der Waals surface area contributed by atoms with E-state index in [0.29, 0.717) is 26.7 Å². The van der Waals surface area contributed by atoms with Gasteiger partial charge in [0.15, 0.2) is 0 Å². The number of amides is 2. The third-order valence-corrected chi connectivity index (χ3v) is 7.42. The van der Waals surface area contributed by atoms with Crippen molar-refractivity contribution in [2.45, 2.75) is 18.6 Å². The molecule has 0 saturated carbocycles. The van der Waals surface area contributed by atoms with Gasteiger partial charge in [0.1, 0.15) is 0 Å². The molecule has 0 aromatic heterocycles. The Bertz CT molecular complexity index is 1320. The van der Waals surface area contributed by atoms with Crippen molar-refractivity contribution in [1.82, 2.24) is 4.90 Å². The first-order chi connectivity index (χ1) is 16.5. The van der Waals surface area contributed by atoms with Crippen LogP contribution in [0.1, 0.15) is 43.3 Å². The van der Waals surface area contributed by atoms with E-state index in [0.717, 1.165) is 23.1 Å². The van der Waals surface area contributed by atoms with Gasteiger partial charge in [-0.05, 0) is 47.0 Å². The number of imide groups is 1. The summed E-state index contributed by atoms with van der Waals surface area (Å²) in [7, 11) is 0. The van der Waals surface area contributed by atoms with E-state index in [-0.39, 0.29) is 27.2 Å². The molecule has 1 aliphatic heterocycles. The number of fused-ring (bicyclic) bond motifs is 1. The Balaban J connectivity index is 1.57. The Morgan fingerprint density at radius 2 is 1.49 bits per heavy atom. The largest absolute Gasteiger partial charge is 0.399 e. The predicted octanol–water partition coefficient (Wildman–Crippen LogP) is 8.56. The summed E-state index contributed by atoms with van der Waals surface area (Å²) in [5.41, 5.74) is 1.64. The lowest BCUT2D eigenvalue weighted by molar-refractivity contribution is -0.139. The fraction of sp³-hybridized carbons (Fsp3) is 0.120. The van der Waals surface area contributed by atoms with Crippen molar-refractivity contribution in [1.29, 1.82) is 0 Å². The lowest BCUT2D eigenvalue weighted by Crippen LogP contribution is -2.29. The molecular formula is C25H14BrCl3F3NO2. The molecule has 0 saturated heterocycles. The highest BCUT2D eigenvalue weighted by atomic mass is 79.9. The van der Waals surface area contributed by atoms with E-state index in [1.165, 1.54) is 6.08 Å². The molecule has 1 heterocycles. The van der Waals surface area contributed by atoms with Crippen LogP contribution in [0.3, 0.4) is 0 Å². The molecule has 0 unspecified atom stereocenters. The standard InChI is InChI=1S/C25H14BrCl3F3NO2/c26-19-9-13(6-8-18(25(30,31)32)15-10-20(27)22(29)21(28)11-15)5-7-14(19)12-33-23(34)16-3-1-2-4-17(16)24(33)35/h1-11,18H,12H2/t18-/m1/s1. The molecule has 0 N–H and O–H groups in total. The topological polar surface area (TPSA) is 37.4 Å². The normalized spacial score (nSPS) is 14.7. The Labute approximate surface area is 222 Å². The summed E-state index contributed by atoms with van der Waals surface area (Å²) in [6, 6.07) is 13.7. The second kappa shape index (κ2) is 9.97. The van der Waals surface area contributed by atoms with Crippen LogP contribution in [0.5, 0.6) is 0 Å². The van der Waals surface area contributed by atoms with Crippen molar-refractivity contribution < 1.29 is 22.8 Å². The number of halogens is 7. The van der Waals surface area contributed by atoms with Gasteiger partial charge in [-0.3, -0.25) is 14.5 Å². The van der Waals surface area contributed by atoms with E-state index in [1.807, 2.05) is 0 Å². The molecule has 0 bridgehead atoms. The highest BCUT2D eigenvalue weighted by Gasteiger charge is 2.39. The van der Waals surface area contributed by atoms with Gasteiger partial charge in [0.25, 0.3) is 11.8 Å². The number of allylic oxidation sites excluding steroid dienone is 1. The van der Waals surface area contributed by atoms with Crippen LogP contribution >= 0.6 is 50.7 Å². The molecule has 3 aromatic carbocycles. The SMILES string of the molecule is O=C1c2ccccc2C(=O)N1Cc1ccc(C=C[C@H](c2cc(Cl)c(Cl)c(Cl)c2)C(F)(F)F)cc1Br. The Hall–Kier alpha value is -2.32. The van der Waals surface area contributed by atoms with E-state index in [2.05, 4.69) is 15.9 Å². The van der Waals surface area contributed by atoms with Crippen molar-refractivity contribution >= 4 is 68.6 Å². The maximum absolute atomic E-state index is 13.8. The first kappa shape index (κ1) is 25.8. The number of hydrogen-bond donors (Lipinski definition) is 0. The van der Waals surface area contributed by atoms with Crippen molar-refractivity contribution in [2.24, 2.45) is 0 Å². The second-order valence-electron chi connectivity index (χ2n) is 7.77. The molecule has 2 amide bonds. The van der Waals surface area contributed by atoms with E-state index in [4.69, 9.17) is 34.8 Å². The monoisotopic (exact) mass is 601 g/mol. The van der Waals surface area contributed by atoms with Crippen LogP contribution in [-0.4, -0.2) is 22.9 Å². The van der Waals surface area contributed by atoms with Crippen LogP contribution in [0.25, 0.3) is 6.08 Å². The van der Waals surface area contributed by atoms with Gasteiger partial charge in [-0.25, -0.2) is 0 Å². The molecule has 3 aromatic rings. The minimum atomic E-state index is -4.60. The number of hydrogen-bond acceptors (Lipinski definition) is 2. The quantitative estimate of drug-likeness (QED) is 0.217. The molecule has 0 radical (unpaired) electrons. The molecule has 35 heavy (non-hydrogen) atoms. The lowest BCUT2D eigenvalue weighted by Gasteiger charge is -2.18. The molecule has 1 aliphatic rings. The molecule has 3 nitrogen and oxygen atoms in total. The van der Waals surface area contributed by atoms with Crippen molar-refractivity contribution in [3.05, 3.63) is 108 Å². The van der Waals surface area contributed by atoms with Crippen LogP contribution in [0, 0.1) is 0 Å². The molecule has 180 valence electrons. The highest BCUT2D eigenvalue weighted by Crippen LogP contribution is 2.41. The van der Waals surface area contributed by atoms with E-state index in [1.54, 1.807) is 42.5 Å². The van der Waals surface area contributed by atoms with Crippen molar-refractivity contribution in [3.8, 4) is 0 Å². The van der Waals surface area contributed by atoms with Gasteiger partial charge in [-0.1, -0.05) is 87.2 Å². The summed E-state index contributed by atoms with van der Waals surface area (Å²) in [6.07, 6.45) is -2.27. The van der Waals surface area contributed by atoms with Crippen LogP contribution in [0.2, 0.25) is 15.1 Å². The summed E-state index contributed by atoms with van der Waals surface area (Å²) >= 11 is 21.1. The van der Waals surface area contributed by atoms with E-state index >= 15 is 0 Å².